The Morgan fingerprint density at radius 2 is 1.24 bits per heavy atom. The summed E-state index contributed by atoms with van der Waals surface area (Å²) in [6, 6.07) is 16.3. The first-order valence-corrected chi connectivity index (χ1v) is 6.87. The fourth-order valence-corrected chi connectivity index (χ4v) is 1.92. The molecule has 2 aromatic rings. The molecule has 0 aliphatic rings. The molecule has 0 saturated carbocycles. The summed E-state index contributed by atoms with van der Waals surface area (Å²) < 4.78 is 0. The second kappa shape index (κ2) is 7.45. The maximum absolute atomic E-state index is 11.7. The molecule has 108 valence electrons. The van der Waals surface area contributed by atoms with Crippen molar-refractivity contribution in [2.24, 2.45) is 0 Å². The third-order valence-corrected chi connectivity index (χ3v) is 3.08. The van der Waals surface area contributed by atoms with Gasteiger partial charge in [-0.1, -0.05) is 54.1 Å². The number of hydrogen-bond donors (Lipinski definition) is 2. The van der Waals surface area contributed by atoms with Gasteiger partial charge in [-0.2, -0.15) is 0 Å². The molecule has 21 heavy (non-hydrogen) atoms. The minimum Gasteiger partial charge on any atom is -0.273 e. The average Bonchev–Trinajstić information content (AvgIpc) is 2.49. The molecule has 0 radical (unpaired) electrons. The Hall–Kier alpha value is -2.33. The molecule has 0 spiro atoms. The third-order valence-electron chi connectivity index (χ3n) is 2.83. The van der Waals surface area contributed by atoms with Gasteiger partial charge in [0.05, 0.1) is 12.8 Å². The number of benzene rings is 2. The van der Waals surface area contributed by atoms with Crippen LogP contribution in [0.15, 0.2) is 54.6 Å². The molecule has 4 nitrogen and oxygen atoms in total. The van der Waals surface area contributed by atoms with Gasteiger partial charge in [0, 0.05) is 5.02 Å². The zero-order valence-electron chi connectivity index (χ0n) is 11.3. The normalized spacial score (nSPS) is 9.95. The molecule has 2 N–H and O–H groups in total. The van der Waals surface area contributed by atoms with Crippen molar-refractivity contribution in [3.63, 3.8) is 0 Å². The Balaban J connectivity index is 1.76. The number of carbonyl (C=O) groups is 2. The molecule has 0 heterocycles. The van der Waals surface area contributed by atoms with E-state index in [-0.39, 0.29) is 24.7 Å². The van der Waals surface area contributed by atoms with E-state index in [0.717, 1.165) is 11.1 Å². The van der Waals surface area contributed by atoms with Crippen molar-refractivity contribution in [1.29, 1.82) is 0 Å². The summed E-state index contributed by atoms with van der Waals surface area (Å²) in [4.78, 5) is 23.4. The molecule has 0 saturated heterocycles. The van der Waals surface area contributed by atoms with Gasteiger partial charge in [0.25, 0.3) is 0 Å². The van der Waals surface area contributed by atoms with Gasteiger partial charge >= 0.3 is 0 Å². The van der Waals surface area contributed by atoms with E-state index in [1.807, 2.05) is 30.3 Å². The van der Waals surface area contributed by atoms with Crippen LogP contribution in [0.2, 0.25) is 5.02 Å². The minimum atomic E-state index is -0.279. The van der Waals surface area contributed by atoms with Crippen LogP contribution in [-0.4, -0.2) is 11.8 Å². The molecule has 2 amide bonds. The number of hydrogen-bond acceptors (Lipinski definition) is 2. The number of amides is 2. The highest BCUT2D eigenvalue weighted by Gasteiger charge is 2.06. The Morgan fingerprint density at radius 1 is 0.762 bits per heavy atom. The minimum absolute atomic E-state index is 0.183. The molecule has 0 aliphatic carbocycles. The largest absolute Gasteiger partial charge is 0.273 e. The van der Waals surface area contributed by atoms with E-state index < -0.39 is 0 Å². The van der Waals surface area contributed by atoms with Crippen LogP contribution in [0.3, 0.4) is 0 Å². The van der Waals surface area contributed by atoms with Crippen LogP contribution >= 0.6 is 11.6 Å². The molecule has 5 heteroatoms. The highest BCUT2D eigenvalue weighted by Crippen LogP contribution is 2.09. The van der Waals surface area contributed by atoms with Gasteiger partial charge in [-0.25, -0.2) is 0 Å². The predicted octanol–water partition coefficient (Wildman–Crippen LogP) is 2.27. The van der Waals surface area contributed by atoms with E-state index in [4.69, 9.17) is 11.6 Å². The van der Waals surface area contributed by atoms with Crippen LogP contribution in [-0.2, 0) is 22.4 Å². The molecular weight excluding hydrogens is 288 g/mol. The van der Waals surface area contributed by atoms with Crippen LogP contribution in [0, 0.1) is 0 Å². The number of nitrogens with one attached hydrogen (secondary N) is 2. The van der Waals surface area contributed by atoms with Gasteiger partial charge < -0.3 is 0 Å². The topological polar surface area (TPSA) is 58.2 Å². The lowest BCUT2D eigenvalue weighted by molar-refractivity contribution is -0.128. The average molecular weight is 303 g/mol. The lowest BCUT2D eigenvalue weighted by atomic mass is 10.1. The zero-order valence-corrected chi connectivity index (χ0v) is 12.1. The highest BCUT2D eigenvalue weighted by molar-refractivity contribution is 6.30. The second-order valence-electron chi connectivity index (χ2n) is 4.56. The van der Waals surface area contributed by atoms with E-state index in [1.165, 1.54) is 0 Å². The maximum Gasteiger partial charge on any atom is 0.242 e. The SMILES string of the molecule is O=C(Cc1ccccc1)NNC(=O)Cc1ccc(Cl)cc1. The van der Waals surface area contributed by atoms with Gasteiger partial charge in [0.15, 0.2) is 0 Å². The summed E-state index contributed by atoms with van der Waals surface area (Å²) in [5.74, 6) is -0.538. The zero-order chi connectivity index (χ0) is 15.1. The fourth-order valence-electron chi connectivity index (χ4n) is 1.80. The summed E-state index contributed by atoms with van der Waals surface area (Å²) in [7, 11) is 0. The molecule has 2 rings (SSSR count). The van der Waals surface area contributed by atoms with E-state index in [0.29, 0.717) is 5.02 Å². The summed E-state index contributed by atoms with van der Waals surface area (Å²) in [5.41, 5.74) is 6.51. The summed E-state index contributed by atoms with van der Waals surface area (Å²) in [5, 5.41) is 0.621. The Labute approximate surface area is 128 Å². The van der Waals surface area contributed by atoms with E-state index >= 15 is 0 Å². The standard InChI is InChI=1S/C16H15ClN2O2/c17-14-8-6-13(7-9-14)11-16(21)19-18-15(20)10-12-4-2-1-3-5-12/h1-9H,10-11H2,(H,18,20)(H,19,21). The van der Waals surface area contributed by atoms with E-state index in [2.05, 4.69) is 10.9 Å². The van der Waals surface area contributed by atoms with Crippen LogP contribution in [0.25, 0.3) is 0 Å². The number of hydrazine groups is 1. The van der Waals surface area contributed by atoms with Gasteiger partial charge in [0.1, 0.15) is 0 Å². The quantitative estimate of drug-likeness (QED) is 0.851. The van der Waals surface area contributed by atoms with Gasteiger partial charge in [-0.3, -0.25) is 20.4 Å². The van der Waals surface area contributed by atoms with Crippen molar-refractivity contribution in [3.05, 3.63) is 70.7 Å². The Kier molecular flexibility index (Phi) is 5.35. The molecule has 2 aromatic carbocycles. The van der Waals surface area contributed by atoms with Crippen molar-refractivity contribution in [2.75, 3.05) is 0 Å². The molecule has 0 aromatic heterocycles. The first-order valence-electron chi connectivity index (χ1n) is 6.49. The molecule has 0 fully saturated rings. The second-order valence-corrected chi connectivity index (χ2v) is 5.00. The predicted molar refractivity (Wildman–Crippen MR) is 81.6 cm³/mol. The molecular formula is C16H15ClN2O2. The van der Waals surface area contributed by atoms with Crippen molar-refractivity contribution in [2.45, 2.75) is 12.8 Å². The van der Waals surface area contributed by atoms with Crippen molar-refractivity contribution in [1.82, 2.24) is 10.9 Å². The summed E-state index contributed by atoms with van der Waals surface area (Å²) >= 11 is 5.77. The monoisotopic (exact) mass is 302 g/mol. The molecule has 0 unspecified atom stereocenters. The first-order chi connectivity index (χ1) is 10.1. The van der Waals surface area contributed by atoms with Crippen LogP contribution in [0.5, 0.6) is 0 Å². The summed E-state index contributed by atoms with van der Waals surface area (Å²) in [6.45, 7) is 0. The van der Waals surface area contributed by atoms with Crippen molar-refractivity contribution in [3.8, 4) is 0 Å². The Bertz CT molecular complexity index is 612. The summed E-state index contributed by atoms with van der Waals surface area (Å²) in [6.07, 6.45) is 0.408. The van der Waals surface area contributed by atoms with Crippen molar-refractivity contribution >= 4 is 23.4 Å². The van der Waals surface area contributed by atoms with Crippen LogP contribution in [0.1, 0.15) is 11.1 Å². The van der Waals surface area contributed by atoms with E-state index in [1.54, 1.807) is 24.3 Å². The van der Waals surface area contributed by atoms with Gasteiger partial charge in [-0.15, -0.1) is 0 Å². The Morgan fingerprint density at radius 3 is 1.76 bits per heavy atom. The lowest BCUT2D eigenvalue weighted by Gasteiger charge is -2.07. The first kappa shape index (κ1) is 15.1. The van der Waals surface area contributed by atoms with Crippen molar-refractivity contribution < 1.29 is 9.59 Å². The van der Waals surface area contributed by atoms with Gasteiger partial charge in [0.2, 0.25) is 11.8 Å². The van der Waals surface area contributed by atoms with E-state index in [9.17, 15) is 9.59 Å². The number of carbonyl (C=O) groups excluding carboxylic acids is 2. The van der Waals surface area contributed by atoms with Gasteiger partial charge in [-0.05, 0) is 23.3 Å². The molecule has 0 aliphatic heterocycles. The van der Waals surface area contributed by atoms with Crippen LogP contribution < -0.4 is 10.9 Å². The smallest absolute Gasteiger partial charge is 0.242 e. The number of rotatable bonds is 4. The lowest BCUT2D eigenvalue weighted by Crippen LogP contribution is -2.43. The fraction of sp³-hybridized carbons (Fsp3) is 0.125. The number of halogens is 1. The molecule has 0 atom stereocenters. The third kappa shape index (κ3) is 5.28. The highest BCUT2D eigenvalue weighted by atomic mass is 35.5. The van der Waals surface area contributed by atoms with Crippen LogP contribution in [0.4, 0.5) is 0 Å². The maximum atomic E-state index is 11.7. The molecule has 0 bridgehead atoms.